The molecule has 112 valence electrons. The Bertz CT molecular complexity index is 774. The molecule has 1 heterocycles. The fraction of sp³-hybridized carbons (Fsp3) is 0.389. The predicted molar refractivity (Wildman–Crippen MR) is 89.1 cm³/mol. The fourth-order valence-corrected chi connectivity index (χ4v) is 2.87. The zero-order chi connectivity index (χ0) is 16.1. The normalized spacial score (nSPS) is 19.4. The van der Waals surface area contributed by atoms with Gasteiger partial charge in [-0.05, 0) is 56.9 Å². The number of aryl methyl sites for hydroxylation is 1. The highest BCUT2D eigenvalue weighted by atomic mass is 16.7. The molecule has 22 heavy (non-hydrogen) atoms. The minimum Gasteiger partial charge on any atom is -0.399 e. The van der Waals surface area contributed by atoms with E-state index in [0.717, 1.165) is 21.8 Å². The van der Waals surface area contributed by atoms with Gasteiger partial charge in [0.15, 0.2) is 0 Å². The highest BCUT2D eigenvalue weighted by Gasteiger charge is 2.52. The lowest BCUT2D eigenvalue weighted by Gasteiger charge is -2.32. The van der Waals surface area contributed by atoms with Gasteiger partial charge in [0.2, 0.25) is 0 Å². The first-order chi connectivity index (χ1) is 10.2. The lowest BCUT2D eigenvalue weighted by atomic mass is 9.74. The summed E-state index contributed by atoms with van der Waals surface area (Å²) in [5.41, 5.74) is 1.94. The van der Waals surface area contributed by atoms with Crippen molar-refractivity contribution in [1.29, 1.82) is 5.26 Å². The molecule has 1 aliphatic heterocycles. The first-order valence-corrected chi connectivity index (χ1v) is 7.54. The van der Waals surface area contributed by atoms with Crippen molar-refractivity contribution in [2.24, 2.45) is 0 Å². The second-order valence-electron chi connectivity index (χ2n) is 6.96. The monoisotopic (exact) mass is 293 g/mol. The van der Waals surface area contributed by atoms with Crippen LogP contribution in [0.2, 0.25) is 0 Å². The van der Waals surface area contributed by atoms with Crippen molar-refractivity contribution in [3.8, 4) is 6.07 Å². The summed E-state index contributed by atoms with van der Waals surface area (Å²) in [4.78, 5) is 0. The molecule has 3 nitrogen and oxygen atoms in total. The van der Waals surface area contributed by atoms with E-state index < -0.39 is 18.3 Å². The van der Waals surface area contributed by atoms with Crippen LogP contribution in [0.3, 0.4) is 0 Å². The van der Waals surface area contributed by atoms with Crippen molar-refractivity contribution in [2.75, 3.05) is 0 Å². The van der Waals surface area contributed by atoms with Gasteiger partial charge in [0.25, 0.3) is 0 Å². The number of nitriles is 1. The second-order valence-corrected chi connectivity index (χ2v) is 6.96. The van der Waals surface area contributed by atoms with Crippen LogP contribution in [0.25, 0.3) is 10.8 Å². The molecule has 0 aromatic heterocycles. The summed E-state index contributed by atoms with van der Waals surface area (Å²) in [6.45, 7) is 10.2. The van der Waals surface area contributed by atoms with E-state index in [1.54, 1.807) is 0 Å². The second kappa shape index (κ2) is 4.84. The summed E-state index contributed by atoms with van der Waals surface area (Å²) in [5.74, 6) is 0. The Morgan fingerprint density at radius 3 is 2.27 bits per heavy atom. The van der Waals surface area contributed by atoms with Crippen molar-refractivity contribution in [3.05, 3.63) is 41.5 Å². The Kier molecular flexibility index (Phi) is 3.32. The Morgan fingerprint density at radius 1 is 1.05 bits per heavy atom. The molecule has 1 aliphatic rings. The standard InChI is InChI=1S/C18H20BNO2/c1-12-9-13-7-6-8-14(11-20)16(13)15(10-12)19-21-17(2,3)18(4,5)22-19/h6-10H,1-5H3. The lowest BCUT2D eigenvalue weighted by molar-refractivity contribution is 0.00578. The van der Waals surface area contributed by atoms with Crippen molar-refractivity contribution in [1.82, 2.24) is 0 Å². The molecule has 0 spiro atoms. The summed E-state index contributed by atoms with van der Waals surface area (Å²) < 4.78 is 12.4. The van der Waals surface area contributed by atoms with Crippen LogP contribution in [0.15, 0.2) is 30.3 Å². The molecule has 0 amide bonds. The SMILES string of the molecule is Cc1cc(B2OC(C)(C)C(C)(C)O2)c2c(C#N)cccc2c1. The first-order valence-electron chi connectivity index (χ1n) is 7.54. The molecule has 1 saturated heterocycles. The lowest BCUT2D eigenvalue weighted by Crippen LogP contribution is -2.41. The van der Waals surface area contributed by atoms with Gasteiger partial charge in [-0.15, -0.1) is 0 Å². The molecule has 2 aromatic carbocycles. The van der Waals surface area contributed by atoms with Crippen molar-refractivity contribution in [3.63, 3.8) is 0 Å². The minimum atomic E-state index is -0.457. The summed E-state index contributed by atoms with van der Waals surface area (Å²) in [7, 11) is -0.457. The molecule has 3 rings (SSSR count). The van der Waals surface area contributed by atoms with Gasteiger partial charge in [-0.3, -0.25) is 0 Å². The maximum absolute atomic E-state index is 9.45. The maximum Gasteiger partial charge on any atom is 0.495 e. The molecular formula is C18H20BNO2. The molecule has 4 heteroatoms. The summed E-state index contributed by atoms with van der Waals surface area (Å²) in [6.07, 6.45) is 0. The third-order valence-corrected chi connectivity index (χ3v) is 4.78. The Hall–Kier alpha value is -1.83. The third kappa shape index (κ3) is 2.22. The third-order valence-electron chi connectivity index (χ3n) is 4.78. The van der Waals surface area contributed by atoms with Crippen LogP contribution >= 0.6 is 0 Å². The van der Waals surface area contributed by atoms with Gasteiger partial charge in [0.05, 0.1) is 22.8 Å². The molecule has 0 radical (unpaired) electrons. The molecule has 0 bridgehead atoms. The van der Waals surface area contributed by atoms with Crippen molar-refractivity contribution >= 4 is 23.4 Å². The molecule has 1 fully saturated rings. The number of rotatable bonds is 1. The Morgan fingerprint density at radius 2 is 1.68 bits per heavy atom. The van der Waals surface area contributed by atoms with Gasteiger partial charge < -0.3 is 9.31 Å². The predicted octanol–water partition coefficient (Wildman–Crippen LogP) is 3.32. The van der Waals surface area contributed by atoms with E-state index in [0.29, 0.717) is 5.56 Å². The molecular weight excluding hydrogens is 273 g/mol. The number of nitrogens with zero attached hydrogens (tertiary/aromatic N) is 1. The van der Waals surface area contributed by atoms with E-state index >= 15 is 0 Å². The smallest absolute Gasteiger partial charge is 0.399 e. The van der Waals surface area contributed by atoms with Gasteiger partial charge in [0.1, 0.15) is 0 Å². The summed E-state index contributed by atoms with van der Waals surface area (Å²) in [6, 6.07) is 12.2. The van der Waals surface area contributed by atoms with E-state index in [-0.39, 0.29) is 0 Å². The average molecular weight is 293 g/mol. The minimum absolute atomic E-state index is 0.394. The highest BCUT2D eigenvalue weighted by Crippen LogP contribution is 2.37. The van der Waals surface area contributed by atoms with E-state index in [2.05, 4.69) is 18.2 Å². The van der Waals surface area contributed by atoms with Crippen molar-refractivity contribution in [2.45, 2.75) is 45.8 Å². The Labute approximate surface area is 132 Å². The van der Waals surface area contributed by atoms with Gasteiger partial charge in [-0.1, -0.05) is 29.8 Å². The van der Waals surface area contributed by atoms with Crippen LogP contribution in [0.5, 0.6) is 0 Å². The van der Waals surface area contributed by atoms with E-state index in [9.17, 15) is 5.26 Å². The van der Waals surface area contributed by atoms with Crippen LogP contribution in [0.1, 0.15) is 38.8 Å². The zero-order valence-electron chi connectivity index (χ0n) is 13.7. The molecule has 0 N–H and O–H groups in total. The molecule has 0 saturated carbocycles. The number of fused-ring (bicyclic) bond motifs is 1. The number of benzene rings is 2. The van der Waals surface area contributed by atoms with Crippen molar-refractivity contribution < 1.29 is 9.31 Å². The quantitative estimate of drug-likeness (QED) is 0.757. The van der Waals surface area contributed by atoms with Gasteiger partial charge >= 0.3 is 7.12 Å². The van der Waals surface area contributed by atoms with Gasteiger partial charge in [0, 0.05) is 0 Å². The van der Waals surface area contributed by atoms with E-state index in [4.69, 9.17) is 9.31 Å². The Balaban J connectivity index is 2.22. The van der Waals surface area contributed by atoms with E-state index in [1.165, 1.54) is 0 Å². The molecule has 0 atom stereocenters. The average Bonchev–Trinajstić information content (AvgIpc) is 2.65. The highest BCUT2D eigenvalue weighted by molar-refractivity contribution is 6.65. The fourth-order valence-electron chi connectivity index (χ4n) is 2.87. The zero-order valence-corrected chi connectivity index (χ0v) is 13.7. The van der Waals surface area contributed by atoms with Crippen LogP contribution < -0.4 is 5.46 Å². The molecule has 0 unspecified atom stereocenters. The van der Waals surface area contributed by atoms with Crippen LogP contribution in [0, 0.1) is 18.3 Å². The van der Waals surface area contributed by atoms with Gasteiger partial charge in [-0.25, -0.2) is 0 Å². The number of hydrogen-bond donors (Lipinski definition) is 0. The van der Waals surface area contributed by atoms with Crippen LogP contribution in [-0.4, -0.2) is 18.3 Å². The summed E-state index contributed by atoms with van der Waals surface area (Å²) in [5, 5.41) is 11.4. The van der Waals surface area contributed by atoms with Crippen LogP contribution in [0.4, 0.5) is 0 Å². The topological polar surface area (TPSA) is 42.2 Å². The maximum atomic E-state index is 9.45. The first kappa shape index (κ1) is 15.1. The number of hydrogen-bond acceptors (Lipinski definition) is 3. The molecule has 2 aromatic rings. The largest absolute Gasteiger partial charge is 0.495 e. The van der Waals surface area contributed by atoms with Gasteiger partial charge in [-0.2, -0.15) is 5.26 Å². The van der Waals surface area contributed by atoms with E-state index in [1.807, 2.05) is 52.8 Å². The summed E-state index contributed by atoms with van der Waals surface area (Å²) >= 11 is 0. The molecule has 0 aliphatic carbocycles. The van der Waals surface area contributed by atoms with Crippen LogP contribution in [-0.2, 0) is 9.31 Å².